The third kappa shape index (κ3) is 2.98. The fraction of sp³-hybridized carbons (Fsp3) is 0.385. The summed E-state index contributed by atoms with van der Waals surface area (Å²) in [6.45, 7) is 2.66. The fourth-order valence-electron chi connectivity index (χ4n) is 1.94. The average Bonchev–Trinajstić information content (AvgIpc) is 2.81. The number of aliphatic hydroxyl groups is 1. The van der Waals surface area contributed by atoms with E-state index in [4.69, 9.17) is 23.2 Å². The third-order valence-corrected chi connectivity index (χ3v) is 4.30. The van der Waals surface area contributed by atoms with E-state index in [0.29, 0.717) is 6.54 Å². The van der Waals surface area contributed by atoms with Crippen LogP contribution in [0.25, 0.3) is 10.1 Å². The molecule has 1 aromatic carbocycles. The normalized spacial score (nSPS) is 15.2. The summed E-state index contributed by atoms with van der Waals surface area (Å²) < 4.78 is 1.16. The quantitative estimate of drug-likeness (QED) is 0.825. The van der Waals surface area contributed by atoms with Crippen molar-refractivity contribution < 1.29 is 5.11 Å². The van der Waals surface area contributed by atoms with E-state index in [9.17, 15) is 5.11 Å². The Morgan fingerprint density at radius 1 is 1.33 bits per heavy atom. The summed E-state index contributed by atoms with van der Waals surface area (Å²) in [6.07, 6.45) is -0.712. The number of benzene rings is 1. The van der Waals surface area contributed by atoms with Crippen molar-refractivity contribution in [2.45, 2.75) is 23.9 Å². The molecular formula is C13H15Cl2NOS. The number of rotatable bonds is 5. The maximum absolute atomic E-state index is 10.4. The molecule has 18 heavy (non-hydrogen) atoms. The molecule has 2 aromatic rings. The van der Waals surface area contributed by atoms with Gasteiger partial charge < -0.3 is 10.4 Å². The minimum absolute atomic E-state index is 0.365. The second-order valence-corrected chi connectivity index (χ2v) is 6.19. The molecule has 0 spiro atoms. The summed E-state index contributed by atoms with van der Waals surface area (Å²) in [5.74, 6) is 0. The van der Waals surface area contributed by atoms with Gasteiger partial charge in [0.2, 0.25) is 0 Å². The van der Waals surface area contributed by atoms with Crippen LogP contribution in [-0.2, 0) is 0 Å². The Kier molecular flexibility index (Phi) is 4.87. The fourth-order valence-corrected chi connectivity index (χ4v) is 3.23. The van der Waals surface area contributed by atoms with Crippen LogP contribution in [0.3, 0.4) is 0 Å². The molecule has 2 rings (SSSR count). The molecular weight excluding hydrogens is 289 g/mol. The Labute approximate surface area is 121 Å². The Balaban J connectivity index is 2.27. The number of aliphatic hydroxyl groups excluding tert-OH is 1. The first-order valence-electron chi connectivity index (χ1n) is 5.80. The molecule has 1 aromatic heterocycles. The Morgan fingerprint density at radius 2 is 2.11 bits per heavy atom. The molecule has 0 aliphatic heterocycles. The lowest BCUT2D eigenvalue weighted by atomic mass is 10.0. The van der Waals surface area contributed by atoms with Gasteiger partial charge in [0.05, 0.1) is 12.1 Å². The van der Waals surface area contributed by atoms with Crippen molar-refractivity contribution in [1.29, 1.82) is 0 Å². The summed E-state index contributed by atoms with van der Waals surface area (Å²) in [7, 11) is 0. The SMILES string of the molecule is CCNC(C(Cl)Cl)C(O)c1ccc2ccsc2c1. The molecule has 1 heterocycles. The maximum Gasteiger partial charge on any atom is 0.125 e. The minimum atomic E-state index is -0.712. The summed E-state index contributed by atoms with van der Waals surface area (Å²) in [4.78, 5) is -0.654. The smallest absolute Gasteiger partial charge is 0.125 e. The molecule has 2 N–H and O–H groups in total. The third-order valence-electron chi connectivity index (χ3n) is 2.87. The van der Waals surface area contributed by atoms with Gasteiger partial charge in [-0.05, 0) is 35.0 Å². The number of alkyl halides is 2. The predicted octanol–water partition coefficient (Wildman–Crippen LogP) is 3.72. The zero-order valence-electron chi connectivity index (χ0n) is 9.94. The van der Waals surface area contributed by atoms with Crippen LogP contribution in [0.15, 0.2) is 29.6 Å². The molecule has 0 radical (unpaired) electrons. The molecule has 0 bridgehead atoms. The molecule has 0 saturated carbocycles. The van der Waals surface area contributed by atoms with Gasteiger partial charge in [-0.1, -0.05) is 19.1 Å². The average molecular weight is 304 g/mol. The van der Waals surface area contributed by atoms with E-state index in [1.165, 1.54) is 5.39 Å². The summed E-state index contributed by atoms with van der Waals surface area (Å²) in [6, 6.07) is 7.61. The lowest BCUT2D eigenvalue weighted by molar-refractivity contribution is 0.135. The summed E-state index contributed by atoms with van der Waals surface area (Å²) >= 11 is 13.5. The molecule has 0 aliphatic carbocycles. The topological polar surface area (TPSA) is 32.3 Å². The summed E-state index contributed by atoms with van der Waals surface area (Å²) in [5, 5.41) is 16.7. The van der Waals surface area contributed by atoms with Crippen LogP contribution in [0.5, 0.6) is 0 Å². The molecule has 0 saturated heterocycles. The van der Waals surface area contributed by atoms with Gasteiger partial charge in [0.1, 0.15) is 4.84 Å². The zero-order valence-corrected chi connectivity index (χ0v) is 12.3. The number of fused-ring (bicyclic) bond motifs is 1. The van der Waals surface area contributed by atoms with Gasteiger partial charge in [-0.25, -0.2) is 0 Å². The molecule has 2 nitrogen and oxygen atoms in total. The van der Waals surface area contributed by atoms with Gasteiger partial charge in [-0.15, -0.1) is 34.5 Å². The van der Waals surface area contributed by atoms with Crippen LogP contribution >= 0.6 is 34.5 Å². The maximum atomic E-state index is 10.4. The second kappa shape index (κ2) is 6.22. The minimum Gasteiger partial charge on any atom is -0.387 e. The first kappa shape index (κ1) is 14.1. The van der Waals surface area contributed by atoms with Crippen molar-refractivity contribution >= 4 is 44.6 Å². The monoisotopic (exact) mass is 303 g/mol. The van der Waals surface area contributed by atoms with Crippen molar-refractivity contribution in [3.05, 3.63) is 35.2 Å². The number of halogens is 2. The van der Waals surface area contributed by atoms with Gasteiger partial charge in [0.25, 0.3) is 0 Å². The predicted molar refractivity (Wildman–Crippen MR) is 79.7 cm³/mol. The van der Waals surface area contributed by atoms with Crippen LogP contribution in [-0.4, -0.2) is 22.5 Å². The van der Waals surface area contributed by atoms with E-state index >= 15 is 0 Å². The van der Waals surface area contributed by atoms with Crippen LogP contribution in [0, 0.1) is 0 Å². The molecule has 2 unspecified atom stereocenters. The number of hydrogen-bond acceptors (Lipinski definition) is 3. The van der Waals surface area contributed by atoms with E-state index < -0.39 is 10.9 Å². The number of hydrogen-bond donors (Lipinski definition) is 2. The highest BCUT2D eigenvalue weighted by Gasteiger charge is 2.26. The molecule has 98 valence electrons. The van der Waals surface area contributed by atoms with E-state index in [1.54, 1.807) is 11.3 Å². The van der Waals surface area contributed by atoms with Crippen molar-refractivity contribution in [2.75, 3.05) is 6.54 Å². The Bertz CT molecular complexity index is 514. The van der Waals surface area contributed by atoms with Crippen molar-refractivity contribution in [3.8, 4) is 0 Å². The van der Waals surface area contributed by atoms with Gasteiger partial charge in [0, 0.05) is 4.70 Å². The summed E-state index contributed by atoms with van der Waals surface area (Å²) in [5.41, 5.74) is 0.835. The molecule has 0 aliphatic rings. The van der Waals surface area contributed by atoms with E-state index in [2.05, 4.69) is 11.4 Å². The standard InChI is InChI=1S/C13H15Cl2NOS/c1-2-16-11(13(14)15)12(17)9-4-3-8-5-6-18-10(8)7-9/h3-7,11-13,16-17H,2H2,1H3. The van der Waals surface area contributed by atoms with Gasteiger partial charge >= 0.3 is 0 Å². The van der Waals surface area contributed by atoms with Crippen LogP contribution in [0.2, 0.25) is 0 Å². The zero-order chi connectivity index (χ0) is 13.1. The van der Waals surface area contributed by atoms with Crippen LogP contribution < -0.4 is 5.32 Å². The highest BCUT2D eigenvalue weighted by molar-refractivity contribution is 7.17. The molecule has 0 fully saturated rings. The number of nitrogens with one attached hydrogen (secondary N) is 1. The van der Waals surface area contributed by atoms with Crippen molar-refractivity contribution in [2.24, 2.45) is 0 Å². The van der Waals surface area contributed by atoms with E-state index in [-0.39, 0.29) is 6.04 Å². The first-order valence-corrected chi connectivity index (χ1v) is 7.55. The van der Waals surface area contributed by atoms with E-state index in [1.807, 2.05) is 30.5 Å². The lowest BCUT2D eigenvalue weighted by Crippen LogP contribution is -2.39. The molecule has 0 amide bonds. The van der Waals surface area contributed by atoms with Gasteiger partial charge in [-0.3, -0.25) is 0 Å². The Morgan fingerprint density at radius 3 is 2.78 bits per heavy atom. The largest absolute Gasteiger partial charge is 0.387 e. The highest BCUT2D eigenvalue weighted by atomic mass is 35.5. The van der Waals surface area contributed by atoms with Crippen molar-refractivity contribution in [3.63, 3.8) is 0 Å². The second-order valence-electron chi connectivity index (χ2n) is 4.08. The first-order chi connectivity index (χ1) is 8.63. The lowest BCUT2D eigenvalue weighted by Gasteiger charge is -2.25. The Hall–Kier alpha value is -0.320. The van der Waals surface area contributed by atoms with E-state index in [0.717, 1.165) is 10.3 Å². The highest BCUT2D eigenvalue weighted by Crippen LogP contribution is 2.28. The number of thiophene rings is 1. The van der Waals surface area contributed by atoms with Crippen molar-refractivity contribution in [1.82, 2.24) is 5.32 Å². The van der Waals surface area contributed by atoms with Crippen LogP contribution in [0.1, 0.15) is 18.6 Å². The van der Waals surface area contributed by atoms with Crippen LogP contribution in [0.4, 0.5) is 0 Å². The molecule has 2 atom stereocenters. The van der Waals surface area contributed by atoms with Gasteiger partial charge in [0.15, 0.2) is 0 Å². The van der Waals surface area contributed by atoms with Gasteiger partial charge in [-0.2, -0.15) is 0 Å². The molecule has 5 heteroatoms. The number of likely N-dealkylation sites (N-methyl/N-ethyl adjacent to an activating group) is 1.